The second-order valence-electron chi connectivity index (χ2n) is 11.8. The van der Waals surface area contributed by atoms with Crippen molar-refractivity contribution in [2.45, 2.75) is 112 Å². The first-order chi connectivity index (χ1) is 16.9. The van der Waals surface area contributed by atoms with Crippen LogP contribution >= 0.6 is 0 Å². The van der Waals surface area contributed by atoms with Crippen LogP contribution in [0.2, 0.25) is 0 Å². The van der Waals surface area contributed by atoms with Gasteiger partial charge in [-0.15, -0.1) is 0 Å². The Hall–Kier alpha value is -1.63. The van der Waals surface area contributed by atoms with Gasteiger partial charge in [0.1, 0.15) is 0 Å². The number of hydrogen-bond acceptors (Lipinski definition) is 5. The van der Waals surface area contributed by atoms with Crippen molar-refractivity contribution in [2.24, 2.45) is 16.7 Å². The van der Waals surface area contributed by atoms with Gasteiger partial charge in [-0.1, -0.05) is 47.0 Å². The maximum Gasteiger partial charge on any atom is 0.311 e. The maximum atomic E-state index is 13.7. The number of hydrogen-bond donors (Lipinski definition) is 1. The molecule has 1 aliphatic rings. The summed E-state index contributed by atoms with van der Waals surface area (Å²) in [6.45, 7) is 14.9. The van der Waals surface area contributed by atoms with E-state index in [9.17, 15) is 14.4 Å². The second-order valence-corrected chi connectivity index (χ2v) is 11.8. The fourth-order valence-electron chi connectivity index (χ4n) is 5.43. The number of carbonyl (C=O) groups excluding carboxylic acids is 3. The molecule has 210 valence electrons. The Labute approximate surface area is 221 Å². The molecule has 0 aromatic heterocycles. The molecule has 0 radical (unpaired) electrons. The molecule has 1 rings (SSSR count). The molecular weight excluding hydrogens is 454 g/mol. The summed E-state index contributed by atoms with van der Waals surface area (Å²) in [5.41, 5.74) is -1.57. The zero-order valence-electron chi connectivity index (χ0n) is 24.6. The molecule has 0 saturated carbocycles. The highest BCUT2D eigenvalue weighted by atomic mass is 16.5. The number of esters is 1. The van der Waals surface area contributed by atoms with Crippen molar-refractivity contribution in [3.63, 3.8) is 0 Å². The van der Waals surface area contributed by atoms with Gasteiger partial charge in [-0.3, -0.25) is 14.4 Å². The third-order valence-corrected chi connectivity index (χ3v) is 8.05. The number of amides is 2. The highest BCUT2D eigenvalue weighted by Crippen LogP contribution is 2.42. The lowest BCUT2D eigenvalue weighted by Crippen LogP contribution is -2.47. The van der Waals surface area contributed by atoms with Crippen LogP contribution in [0.4, 0.5) is 0 Å². The summed E-state index contributed by atoms with van der Waals surface area (Å²) in [4.78, 5) is 43.4. The van der Waals surface area contributed by atoms with Gasteiger partial charge < -0.3 is 19.9 Å². The fourth-order valence-corrected chi connectivity index (χ4v) is 5.43. The minimum Gasteiger partial charge on any atom is -0.465 e. The van der Waals surface area contributed by atoms with Crippen LogP contribution < -0.4 is 5.32 Å². The van der Waals surface area contributed by atoms with Crippen LogP contribution in [-0.2, 0) is 19.1 Å². The summed E-state index contributed by atoms with van der Waals surface area (Å²) in [5.74, 6) is 0.257. The summed E-state index contributed by atoms with van der Waals surface area (Å²) in [7, 11) is 4.04. The molecule has 0 aliphatic carbocycles. The van der Waals surface area contributed by atoms with Crippen LogP contribution in [0.3, 0.4) is 0 Å². The van der Waals surface area contributed by atoms with E-state index >= 15 is 0 Å². The molecule has 2 amide bonds. The lowest BCUT2D eigenvalue weighted by molar-refractivity contribution is -0.161. The van der Waals surface area contributed by atoms with Gasteiger partial charge >= 0.3 is 5.97 Å². The Morgan fingerprint density at radius 2 is 1.83 bits per heavy atom. The van der Waals surface area contributed by atoms with Gasteiger partial charge in [0.2, 0.25) is 11.8 Å². The average molecular weight is 510 g/mol. The molecule has 7 heteroatoms. The maximum absolute atomic E-state index is 13.7. The minimum atomic E-state index is -0.864. The Morgan fingerprint density at radius 3 is 2.36 bits per heavy atom. The molecule has 1 heterocycles. The topological polar surface area (TPSA) is 78.9 Å². The van der Waals surface area contributed by atoms with Crippen molar-refractivity contribution < 1.29 is 19.1 Å². The Morgan fingerprint density at radius 1 is 1.14 bits per heavy atom. The summed E-state index contributed by atoms with van der Waals surface area (Å²) in [6, 6.07) is -0.0797. The highest BCUT2D eigenvalue weighted by Gasteiger charge is 2.46. The molecule has 36 heavy (non-hydrogen) atoms. The Balaban J connectivity index is 3.04. The van der Waals surface area contributed by atoms with Gasteiger partial charge in [0, 0.05) is 31.0 Å². The number of nitrogens with zero attached hydrogens (tertiary/aromatic N) is 2. The van der Waals surface area contributed by atoms with Gasteiger partial charge in [0.25, 0.3) is 0 Å². The predicted octanol–water partition coefficient (Wildman–Crippen LogP) is 5.03. The van der Waals surface area contributed by atoms with Gasteiger partial charge in [-0.2, -0.15) is 0 Å². The van der Waals surface area contributed by atoms with Crippen LogP contribution in [0.1, 0.15) is 106 Å². The quantitative estimate of drug-likeness (QED) is 0.207. The Kier molecular flexibility index (Phi) is 14.0. The van der Waals surface area contributed by atoms with Crippen molar-refractivity contribution in [2.75, 3.05) is 40.3 Å². The molecule has 1 fully saturated rings. The third-order valence-electron chi connectivity index (χ3n) is 8.05. The highest BCUT2D eigenvalue weighted by molar-refractivity contribution is 5.84. The number of unbranched alkanes of at least 4 members (excludes halogenated alkanes) is 1. The number of ether oxygens (including phenoxy) is 1. The zero-order valence-corrected chi connectivity index (χ0v) is 24.6. The first kappa shape index (κ1) is 32.4. The van der Waals surface area contributed by atoms with Gasteiger partial charge in [-0.25, -0.2) is 0 Å². The van der Waals surface area contributed by atoms with E-state index in [1.165, 1.54) is 0 Å². The minimum absolute atomic E-state index is 0.0120. The molecule has 7 nitrogen and oxygen atoms in total. The normalized spacial score (nSPS) is 19.0. The lowest BCUT2D eigenvalue weighted by Gasteiger charge is -2.39. The van der Waals surface area contributed by atoms with E-state index in [4.69, 9.17) is 4.74 Å². The number of carbonyl (C=O) groups is 3. The molecule has 0 bridgehead atoms. The van der Waals surface area contributed by atoms with Crippen molar-refractivity contribution in [1.82, 2.24) is 15.1 Å². The summed E-state index contributed by atoms with van der Waals surface area (Å²) >= 11 is 0. The molecule has 1 N–H and O–H groups in total. The van der Waals surface area contributed by atoms with Crippen molar-refractivity contribution in [1.29, 1.82) is 0 Å². The lowest BCUT2D eigenvalue weighted by atomic mass is 9.68. The van der Waals surface area contributed by atoms with E-state index in [-0.39, 0.29) is 23.8 Å². The summed E-state index contributed by atoms with van der Waals surface area (Å²) in [6.07, 6.45) is 8.11. The van der Waals surface area contributed by atoms with Crippen LogP contribution in [-0.4, -0.2) is 74.0 Å². The van der Waals surface area contributed by atoms with Crippen LogP contribution in [0.5, 0.6) is 0 Å². The van der Waals surface area contributed by atoms with Gasteiger partial charge in [0.15, 0.2) is 0 Å². The number of nitrogens with one attached hydrogen (secondary N) is 1. The van der Waals surface area contributed by atoms with Gasteiger partial charge in [0.05, 0.1) is 12.0 Å². The molecule has 0 spiro atoms. The van der Waals surface area contributed by atoms with E-state index < -0.39 is 10.8 Å². The van der Waals surface area contributed by atoms with E-state index in [0.717, 1.165) is 51.6 Å². The van der Waals surface area contributed by atoms with Crippen molar-refractivity contribution in [3.05, 3.63) is 0 Å². The SMILES string of the molecule is CCCCC(CC)COC(=O)C(C)(CC(C)N1CCCC1=O)CC(C)(CC)C(=O)NCCCN(C)C. The van der Waals surface area contributed by atoms with Crippen molar-refractivity contribution >= 4 is 17.8 Å². The van der Waals surface area contributed by atoms with E-state index in [0.29, 0.717) is 44.8 Å². The second kappa shape index (κ2) is 15.6. The zero-order chi connectivity index (χ0) is 27.4. The van der Waals surface area contributed by atoms with E-state index in [1.807, 2.05) is 46.7 Å². The van der Waals surface area contributed by atoms with Crippen LogP contribution in [0.15, 0.2) is 0 Å². The van der Waals surface area contributed by atoms with Crippen LogP contribution in [0, 0.1) is 16.7 Å². The molecule has 0 aromatic carbocycles. The van der Waals surface area contributed by atoms with Gasteiger partial charge in [-0.05, 0) is 78.9 Å². The molecular formula is C29H55N3O4. The molecule has 1 saturated heterocycles. The first-order valence-corrected chi connectivity index (χ1v) is 14.3. The molecule has 1 aliphatic heterocycles. The standard InChI is InChI=1S/C29H55N3O4/c1-9-12-15-24(10-2)21-36-27(35)29(6,20-23(4)32-19-13-16-25(32)33)22-28(5,11-3)26(34)30-17-14-18-31(7)8/h23-24H,9-22H2,1-8H3,(H,30,34). The van der Waals surface area contributed by atoms with Crippen LogP contribution in [0.25, 0.3) is 0 Å². The first-order valence-electron chi connectivity index (χ1n) is 14.3. The fraction of sp³-hybridized carbons (Fsp3) is 0.897. The molecule has 0 aromatic rings. The summed E-state index contributed by atoms with van der Waals surface area (Å²) in [5, 5.41) is 3.11. The monoisotopic (exact) mass is 509 g/mol. The number of rotatable bonds is 18. The molecule has 4 unspecified atom stereocenters. The number of likely N-dealkylation sites (tertiary alicyclic amines) is 1. The third kappa shape index (κ3) is 10.0. The van der Waals surface area contributed by atoms with Crippen molar-refractivity contribution in [3.8, 4) is 0 Å². The predicted molar refractivity (Wildman–Crippen MR) is 147 cm³/mol. The smallest absolute Gasteiger partial charge is 0.311 e. The summed E-state index contributed by atoms with van der Waals surface area (Å²) < 4.78 is 5.96. The molecule has 4 atom stereocenters. The Bertz CT molecular complexity index is 698. The van der Waals surface area contributed by atoms with E-state index in [2.05, 4.69) is 24.1 Å². The average Bonchev–Trinajstić information content (AvgIpc) is 3.27. The van der Waals surface area contributed by atoms with E-state index in [1.54, 1.807) is 0 Å². The largest absolute Gasteiger partial charge is 0.465 e.